The van der Waals surface area contributed by atoms with Crippen LogP contribution < -0.4 is 0 Å². The zero-order chi connectivity index (χ0) is 18.6. The second-order valence-corrected chi connectivity index (χ2v) is 8.06. The first-order chi connectivity index (χ1) is 11.9. The Kier molecular flexibility index (Phi) is 6.68. The van der Waals surface area contributed by atoms with Crippen LogP contribution in [0.4, 0.5) is 8.78 Å². The van der Waals surface area contributed by atoms with Gasteiger partial charge in [0.25, 0.3) is 0 Å². The predicted octanol–water partition coefficient (Wildman–Crippen LogP) is 5.45. The van der Waals surface area contributed by atoms with Crippen LogP contribution in [0.25, 0.3) is 10.1 Å². The molecule has 1 aromatic heterocycles. The van der Waals surface area contributed by atoms with Crippen molar-refractivity contribution in [3.63, 3.8) is 0 Å². The van der Waals surface area contributed by atoms with Gasteiger partial charge in [-0.25, -0.2) is 13.6 Å². The minimum Gasteiger partial charge on any atom is -0.462 e. The quantitative estimate of drug-likeness (QED) is 0.441. The van der Waals surface area contributed by atoms with E-state index in [2.05, 4.69) is 0 Å². The topological polar surface area (TPSA) is 61.8 Å². The van der Waals surface area contributed by atoms with Crippen molar-refractivity contribution in [2.75, 3.05) is 19.8 Å². The van der Waals surface area contributed by atoms with E-state index in [1.54, 1.807) is 20.8 Å². The van der Waals surface area contributed by atoms with Gasteiger partial charge in [0.1, 0.15) is 10.7 Å². The average Bonchev–Trinajstić information content (AvgIpc) is 3.00. The molecular weight excluding hydrogens is 373 g/mol. The van der Waals surface area contributed by atoms with Crippen LogP contribution in [-0.4, -0.2) is 25.8 Å². The summed E-state index contributed by atoms with van der Waals surface area (Å²) in [7, 11) is -4.16. The number of alkyl halides is 1. The minimum absolute atomic E-state index is 0.0347. The second kappa shape index (κ2) is 8.36. The van der Waals surface area contributed by atoms with Crippen LogP contribution in [0.15, 0.2) is 18.2 Å². The Hall–Kier alpha value is -1.34. The number of ether oxygens (including phenoxy) is 1. The number of carbonyl (C=O) groups is 1. The molecule has 0 spiro atoms. The lowest BCUT2D eigenvalue weighted by molar-refractivity contribution is 0.0532. The van der Waals surface area contributed by atoms with E-state index >= 15 is 0 Å². The molecule has 1 atom stereocenters. The molecule has 0 fully saturated rings. The fourth-order valence-corrected chi connectivity index (χ4v) is 4.83. The van der Waals surface area contributed by atoms with E-state index in [0.717, 1.165) is 11.3 Å². The lowest BCUT2D eigenvalue weighted by Crippen LogP contribution is -2.04. The third kappa shape index (κ3) is 4.08. The Morgan fingerprint density at radius 2 is 1.84 bits per heavy atom. The highest BCUT2D eigenvalue weighted by molar-refractivity contribution is 7.54. The smallest absolute Gasteiger partial charge is 0.369 e. The van der Waals surface area contributed by atoms with Gasteiger partial charge in [0, 0.05) is 15.6 Å². The summed E-state index contributed by atoms with van der Waals surface area (Å²) in [5.74, 6) is -3.73. The van der Waals surface area contributed by atoms with Crippen LogP contribution in [0.3, 0.4) is 0 Å². The predicted molar refractivity (Wildman–Crippen MR) is 92.4 cm³/mol. The molecule has 25 heavy (non-hydrogen) atoms. The SMILES string of the molecule is CCOC(=O)c1cc2c(F)c(C(F)P(=O)(OCC)OCC)ccc2s1. The molecule has 138 valence electrons. The molecule has 1 aromatic carbocycles. The van der Waals surface area contributed by atoms with Crippen LogP contribution in [0.2, 0.25) is 0 Å². The number of hydrogen-bond donors (Lipinski definition) is 0. The van der Waals surface area contributed by atoms with E-state index in [1.807, 2.05) is 0 Å². The molecule has 0 saturated heterocycles. The standard InChI is InChI=1S/C16H19F2O5PS/c1-4-21-16(19)13-9-11-12(25-13)8-7-10(14(11)17)15(18)24(20,22-5-2)23-6-3/h7-9,15H,4-6H2,1-3H3. The van der Waals surface area contributed by atoms with E-state index < -0.39 is 30.9 Å². The van der Waals surface area contributed by atoms with E-state index in [1.165, 1.54) is 18.2 Å². The van der Waals surface area contributed by atoms with Gasteiger partial charge in [-0.05, 0) is 32.9 Å². The van der Waals surface area contributed by atoms with Crippen molar-refractivity contribution in [2.45, 2.75) is 26.7 Å². The highest BCUT2D eigenvalue weighted by atomic mass is 32.1. The van der Waals surface area contributed by atoms with Gasteiger partial charge in [0.2, 0.25) is 5.91 Å². The molecule has 0 saturated carbocycles. The summed E-state index contributed by atoms with van der Waals surface area (Å²) < 4.78 is 57.3. The van der Waals surface area contributed by atoms with Gasteiger partial charge in [0.15, 0.2) is 0 Å². The van der Waals surface area contributed by atoms with E-state index in [4.69, 9.17) is 13.8 Å². The second-order valence-electron chi connectivity index (χ2n) is 4.92. The molecule has 1 unspecified atom stereocenters. The summed E-state index contributed by atoms with van der Waals surface area (Å²) in [6.07, 6.45) is 0. The zero-order valence-corrected chi connectivity index (χ0v) is 15.8. The van der Waals surface area contributed by atoms with Crippen LogP contribution >= 0.6 is 18.9 Å². The highest BCUT2D eigenvalue weighted by Gasteiger charge is 2.39. The first-order valence-electron chi connectivity index (χ1n) is 7.79. The summed E-state index contributed by atoms with van der Waals surface area (Å²) in [5, 5.41) is 0.0627. The van der Waals surface area contributed by atoms with Crippen LogP contribution in [0.5, 0.6) is 0 Å². The van der Waals surface area contributed by atoms with Gasteiger partial charge >= 0.3 is 13.6 Å². The molecule has 2 aromatic rings. The molecule has 0 amide bonds. The number of halogens is 2. The third-order valence-corrected chi connectivity index (χ3v) is 6.44. The maximum Gasteiger partial charge on any atom is 0.369 e. The normalized spacial score (nSPS) is 13.2. The first kappa shape index (κ1) is 20.0. The molecule has 0 aliphatic carbocycles. The van der Waals surface area contributed by atoms with Gasteiger partial charge in [0.05, 0.1) is 19.8 Å². The van der Waals surface area contributed by atoms with Crippen LogP contribution in [0, 0.1) is 5.82 Å². The number of esters is 1. The van der Waals surface area contributed by atoms with E-state index in [9.17, 15) is 18.1 Å². The fraction of sp³-hybridized carbons (Fsp3) is 0.438. The van der Waals surface area contributed by atoms with Crippen molar-refractivity contribution < 1.29 is 31.9 Å². The van der Waals surface area contributed by atoms with E-state index in [-0.39, 0.29) is 30.1 Å². The summed E-state index contributed by atoms with van der Waals surface area (Å²) in [6.45, 7) is 4.88. The van der Waals surface area contributed by atoms with Crippen LogP contribution in [0.1, 0.15) is 41.9 Å². The van der Waals surface area contributed by atoms with Crippen LogP contribution in [-0.2, 0) is 18.3 Å². The Bertz CT molecular complexity index is 797. The highest BCUT2D eigenvalue weighted by Crippen LogP contribution is 2.62. The minimum atomic E-state index is -4.16. The molecule has 5 nitrogen and oxygen atoms in total. The maximum absolute atomic E-state index is 14.8. The molecule has 0 bridgehead atoms. The number of hydrogen-bond acceptors (Lipinski definition) is 6. The molecule has 0 aliphatic rings. The van der Waals surface area contributed by atoms with Crippen molar-refractivity contribution in [2.24, 2.45) is 0 Å². The molecule has 0 N–H and O–H groups in total. The number of thiophene rings is 1. The molecule has 0 aliphatic heterocycles. The number of carbonyl (C=O) groups excluding carboxylic acids is 1. The molecular formula is C16H19F2O5PS. The molecule has 1 heterocycles. The number of rotatable bonds is 8. The molecule has 2 rings (SSSR count). The van der Waals surface area contributed by atoms with Crippen molar-refractivity contribution in [3.05, 3.63) is 34.5 Å². The van der Waals surface area contributed by atoms with Gasteiger partial charge in [-0.2, -0.15) is 0 Å². The molecule has 9 heteroatoms. The van der Waals surface area contributed by atoms with Gasteiger partial charge in [-0.1, -0.05) is 6.07 Å². The Balaban J connectivity index is 2.46. The zero-order valence-electron chi connectivity index (χ0n) is 14.1. The largest absolute Gasteiger partial charge is 0.462 e. The van der Waals surface area contributed by atoms with Gasteiger partial charge in [-0.3, -0.25) is 4.57 Å². The summed E-state index contributed by atoms with van der Waals surface area (Å²) >= 11 is 1.04. The Morgan fingerprint density at radius 1 is 1.20 bits per heavy atom. The Labute approximate surface area is 148 Å². The van der Waals surface area contributed by atoms with Crippen molar-refractivity contribution >= 4 is 35.0 Å². The lowest BCUT2D eigenvalue weighted by atomic mass is 10.1. The van der Waals surface area contributed by atoms with Gasteiger partial charge in [-0.15, -0.1) is 11.3 Å². The van der Waals surface area contributed by atoms with Crippen molar-refractivity contribution in [1.29, 1.82) is 0 Å². The fourth-order valence-electron chi connectivity index (χ4n) is 2.28. The summed E-state index contributed by atoms with van der Waals surface area (Å²) in [4.78, 5) is 12.0. The summed E-state index contributed by atoms with van der Waals surface area (Å²) in [6, 6.07) is 3.96. The molecule has 0 radical (unpaired) electrons. The third-order valence-electron chi connectivity index (χ3n) is 3.29. The van der Waals surface area contributed by atoms with Crippen molar-refractivity contribution in [3.8, 4) is 0 Å². The van der Waals surface area contributed by atoms with Gasteiger partial charge < -0.3 is 13.8 Å². The number of benzene rings is 1. The first-order valence-corrected chi connectivity index (χ1v) is 10.2. The summed E-state index contributed by atoms with van der Waals surface area (Å²) in [5.41, 5.74) is -0.425. The average molecular weight is 392 g/mol. The lowest BCUT2D eigenvalue weighted by Gasteiger charge is -2.21. The van der Waals surface area contributed by atoms with E-state index in [0.29, 0.717) is 4.70 Å². The monoisotopic (exact) mass is 392 g/mol. The maximum atomic E-state index is 14.8. The number of fused-ring (bicyclic) bond motifs is 1. The Morgan fingerprint density at radius 3 is 2.40 bits per heavy atom. The van der Waals surface area contributed by atoms with Crippen molar-refractivity contribution in [1.82, 2.24) is 0 Å².